The third kappa shape index (κ3) is 3.60. The summed E-state index contributed by atoms with van der Waals surface area (Å²) in [6, 6.07) is -0.147. The van der Waals surface area contributed by atoms with Crippen LogP contribution in [-0.2, 0) is 11.2 Å². The molecule has 1 aromatic rings. The minimum Gasteiger partial charge on any atom is -0.424 e. The van der Waals surface area contributed by atoms with Crippen LogP contribution in [-0.4, -0.2) is 23.4 Å². The molecule has 15 heavy (non-hydrogen) atoms. The van der Waals surface area contributed by atoms with Gasteiger partial charge in [-0.05, 0) is 19.8 Å². The highest BCUT2D eigenvalue weighted by atomic mass is 16.5. The molecule has 5 heteroatoms. The Morgan fingerprint density at radius 2 is 2.20 bits per heavy atom. The van der Waals surface area contributed by atoms with Gasteiger partial charge in [-0.25, -0.2) is 0 Å². The van der Waals surface area contributed by atoms with Crippen molar-refractivity contribution in [2.45, 2.75) is 45.3 Å². The first kappa shape index (κ1) is 12.1. The lowest BCUT2D eigenvalue weighted by Crippen LogP contribution is -2.08. The quantitative estimate of drug-likeness (QED) is 0.774. The van der Waals surface area contributed by atoms with Crippen LogP contribution in [0.15, 0.2) is 4.42 Å². The normalized spacial score (nSPS) is 15.2. The maximum absolute atomic E-state index is 5.77. The van der Waals surface area contributed by atoms with E-state index in [1.54, 1.807) is 7.11 Å². The van der Waals surface area contributed by atoms with E-state index in [2.05, 4.69) is 10.2 Å². The third-order valence-electron chi connectivity index (χ3n) is 2.41. The summed E-state index contributed by atoms with van der Waals surface area (Å²) >= 11 is 0. The van der Waals surface area contributed by atoms with Crippen molar-refractivity contribution < 1.29 is 9.15 Å². The highest BCUT2D eigenvalue weighted by Crippen LogP contribution is 2.13. The fraction of sp³-hybridized carbons (Fsp3) is 0.800. The number of hydrogen-bond donors (Lipinski definition) is 1. The summed E-state index contributed by atoms with van der Waals surface area (Å²) in [5, 5.41) is 7.85. The molecule has 2 unspecified atom stereocenters. The van der Waals surface area contributed by atoms with Crippen molar-refractivity contribution in [3.8, 4) is 0 Å². The van der Waals surface area contributed by atoms with E-state index in [1.165, 1.54) is 0 Å². The van der Waals surface area contributed by atoms with Gasteiger partial charge in [0, 0.05) is 13.5 Å². The van der Waals surface area contributed by atoms with Gasteiger partial charge in [0.05, 0.1) is 12.1 Å². The Balaban J connectivity index is 2.46. The predicted octanol–water partition coefficient (Wildman–Crippen LogP) is 1.45. The summed E-state index contributed by atoms with van der Waals surface area (Å²) in [6.45, 7) is 4.00. The summed E-state index contributed by atoms with van der Waals surface area (Å²) in [5.74, 6) is 1.16. The molecule has 0 bridgehead atoms. The number of aromatic nitrogens is 2. The molecule has 5 nitrogen and oxygen atoms in total. The van der Waals surface area contributed by atoms with E-state index in [9.17, 15) is 0 Å². The maximum atomic E-state index is 5.77. The summed E-state index contributed by atoms with van der Waals surface area (Å²) in [6.07, 6.45) is 2.62. The average molecular weight is 213 g/mol. The van der Waals surface area contributed by atoms with E-state index in [0.717, 1.165) is 19.3 Å². The van der Waals surface area contributed by atoms with E-state index in [0.29, 0.717) is 11.8 Å². The average Bonchev–Trinajstić information content (AvgIpc) is 2.73. The van der Waals surface area contributed by atoms with Gasteiger partial charge >= 0.3 is 0 Å². The van der Waals surface area contributed by atoms with E-state index >= 15 is 0 Å². The number of methoxy groups -OCH3 is 1. The van der Waals surface area contributed by atoms with Crippen molar-refractivity contribution >= 4 is 0 Å². The smallest absolute Gasteiger partial charge is 0.233 e. The fourth-order valence-corrected chi connectivity index (χ4v) is 1.14. The number of nitrogens with zero attached hydrogens (tertiary/aromatic N) is 2. The standard InChI is InChI=1S/C10H19N3O2/c1-4-8(11)10-13-12-9(15-10)6-5-7(2)14-3/h7-8H,4-6,11H2,1-3H3. The number of ether oxygens (including phenoxy) is 1. The second-order valence-electron chi connectivity index (χ2n) is 3.63. The van der Waals surface area contributed by atoms with Gasteiger partial charge in [-0.2, -0.15) is 0 Å². The van der Waals surface area contributed by atoms with E-state index in [-0.39, 0.29) is 12.1 Å². The summed E-state index contributed by atoms with van der Waals surface area (Å²) in [7, 11) is 1.69. The number of rotatable bonds is 6. The lowest BCUT2D eigenvalue weighted by molar-refractivity contribution is 0.109. The molecule has 0 spiro atoms. The van der Waals surface area contributed by atoms with Gasteiger partial charge < -0.3 is 14.9 Å². The van der Waals surface area contributed by atoms with Crippen molar-refractivity contribution in [1.29, 1.82) is 0 Å². The third-order valence-corrected chi connectivity index (χ3v) is 2.41. The first-order valence-electron chi connectivity index (χ1n) is 5.28. The molecule has 0 saturated carbocycles. The topological polar surface area (TPSA) is 74.2 Å². The summed E-state index contributed by atoms with van der Waals surface area (Å²) in [5.41, 5.74) is 5.77. The minimum atomic E-state index is -0.147. The highest BCUT2D eigenvalue weighted by Gasteiger charge is 2.12. The molecule has 0 aromatic carbocycles. The molecular weight excluding hydrogens is 194 g/mol. The fourth-order valence-electron chi connectivity index (χ4n) is 1.14. The Hall–Kier alpha value is -0.940. The number of hydrogen-bond acceptors (Lipinski definition) is 5. The largest absolute Gasteiger partial charge is 0.424 e. The Labute approximate surface area is 90.0 Å². The molecule has 1 heterocycles. The van der Waals surface area contributed by atoms with Gasteiger partial charge in [-0.15, -0.1) is 10.2 Å². The van der Waals surface area contributed by atoms with Crippen LogP contribution in [0.2, 0.25) is 0 Å². The molecular formula is C10H19N3O2. The van der Waals surface area contributed by atoms with Crippen LogP contribution in [0, 0.1) is 0 Å². The summed E-state index contributed by atoms with van der Waals surface area (Å²) < 4.78 is 10.6. The second-order valence-corrected chi connectivity index (χ2v) is 3.63. The van der Waals surface area contributed by atoms with Gasteiger partial charge in [0.25, 0.3) is 0 Å². The van der Waals surface area contributed by atoms with Crippen LogP contribution in [0.4, 0.5) is 0 Å². The molecule has 0 aliphatic rings. The van der Waals surface area contributed by atoms with Gasteiger partial charge in [-0.3, -0.25) is 0 Å². The van der Waals surface area contributed by atoms with E-state index < -0.39 is 0 Å². The Kier molecular flexibility index (Phi) is 4.71. The van der Waals surface area contributed by atoms with Crippen molar-refractivity contribution in [2.24, 2.45) is 5.73 Å². The lowest BCUT2D eigenvalue weighted by Gasteiger charge is -2.06. The molecule has 1 aromatic heterocycles. The molecule has 0 saturated heterocycles. The molecule has 1 rings (SSSR count). The number of aryl methyl sites for hydroxylation is 1. The zero-order valence-electron chi connectivity index (χ0n) is 9.56. The second kappa shape index (κ2) is 5.82. The lowest BCUT2D eigenvalue weighted by atomic mass is 10.2. The SMILES string of the molecule is CCC(N)c1nnc(CCC(C)OC)o1. The molecule has 0 aliphatic heterocycles. The molecule has 2 N–H and O–H groups in total. The van der Waals surface area contributed by atoms with Gasteiger partial charge in [0.2, 0.25) is 11.8 Å². The van der Waals surface area contributed by atoms with Gasteiger partial charge in [-0.1, -0.05) is 6.92 Å². The monoisotopic (exact) mass is 213 g/mol. The molecule has 0 fully saturated rings. The first-order chi connectivity index (χ1) is 7.17. The minimum absolute atomic E-state index is 0.147. The molecule has 86 valence electrons. The van der Waals surface area contributed by atoms with E-state index in [4.69, 9.17) is 14.9 Å². The van der Waals surface area contributed by atoms with E-state index in [1.807, 2.05) is 13.8 Å². The van der Waals surface area contributed by atoms with Crippen LogP contribution in [0.5, 0.6) is 0 Å². The first-order valence-corrected chi connectivity index (χ1v) is 5.28. The van der Waals surface area contributed by atoms with Crippen molar-refractivity contribution in [3.63, 3.8) is 0 Å². The van der Waals surface area contributed by atoms with Gasteiger partial charge in [0.1, 0.15) is 0 Å². The maximum Gasteiger partial charge on any atom is 0.233 e. The van der Waals surface area contributed by atoms with Crippen LogP contribution < -0.4 is 5.73 Å². The van der Waals surface area contributed by atoms with Crippen molar-refractivity contribution in [2.75, 3.05) is 7.11 Å². The van der Waals surface area contributed by atoms with Crippen LogP contribution >= 0.6 is 0 Å². The van der Waals surface area contributed by atoms with Crippen LogP contribution in [0.3, 0.4) is 0 Å². The molecule has 0 amide bonds. The Morgan fingerprint density at radius 3 is 2.80 bits per heavy atom. The van der Waals surface area contributed by atoms with Crippen LogP contribution in [0.1, 0.15) is 44.5 Å². The zero-order chi connectivity index (χ0) is 11.3. The van der Waals surface area contributed by atoms with Gasteiger partial charge in [0.15, 0.2) is 0 Å². The Morgan fingerprint density at radius 1 is 1.47 bits per heavy atom. The number of nitrogens with two attached hydrogens (primary N) is 1. The zero-order valence-corrected chi connectivity index (χ0v) is 9.56. The highest BCUT2D eigenvalue weighted by molar-refractivity contribution is 4.88. The Bertz CT molecular complexity index is 288. The molecule has 0 aliphatic carbocycles. The molecule has 2 atom stereocenters. The van der Waals surface area contributed by atoms with Crippen molar-refractivity contribution in [1.82, 2.24) is 10.2 Å². The predicted molar refractivity (Wildman–Crippen MR) is 56.3 cm³/mol. The van der Waals surface area contributed by atoms with Crippen molar-refractivity contribution in [3.05, 3.63) is 11.8 Å². The molecule has 0 radical (unpaired) electrons. The van der Waals surface area contributed by atoms with Crippen LogP contribution in [0.25, 0.3) is 0 Å². The summed E-state index contributed by atoms with van der Waals surface area (Å²) in [4.78, 5) is 0.